The number of carbonyl (C=O) groups is 3. The lowest BCUT2D eigenvalue weighted by Gasteiger charge is -2.26. The average molecular weight is 445 g/mol. The predicted molar refractivity (Wildman–Crippen MR) is 120 cm³/mol. The standard InChI is InChI=1S/C24H44O7/c1-3-4-5-6-7-8-9-10-11-12-13-14-15-16-17-18-20(26)21(22(27)19(2)25)24(30,31)23(28)29/h19,21,25,30-31H,3-18H2,1-2H3,(H,28,29). The lowest BCUT2D eigenvalue weighted by atomic mass is 9.85. The van der Waals surface area contributed by atoms with Crippen LogP contribution in [0, 0.1) is 5.92 Å². The fraction of sp³-hybridized carbons (Fsp3) is 0.875. The zero-order valence-electron chi connectivity index (χ0n) is 19.5. The molecular formula is C24H44O7. The van der Waals surface area contributed by atoms with Gasteiger partial charge in [-0.05, 0) is 13.3 Å². The number of Topliss-reactive ketones (excluding diaryl/α,β-unsaturated/α-hetero) is 2. The molecule has 7 heteroatoms. The highest BCUT2D eigenvalue weighted by molar-refractivity contribution is 6.08. The van der Waals surface area contributed by atoms with E-state index in [1.54, 1.807) is 0 Å². The number of hydrogen-bond donors (Lipinski definition) is 4. The summed E-state index contributed by atoms with van der Waals surface area (Å²) in [7, 11) is 0. The van der Waals surface area contributed by atoms with Crippen molar-refractivity contribution in [1.29, 1.82) is 0 Å². The summed E-state index contributed by atoms with van der Waals surface area (Å²) in [6.45, 7) is 3.30. The number of aliphatic hydroxyl groups excluding tert-OH is 1. The number of carboxylic acid groups (broad SMARTS) is 1. The predicted octanol–water partition coefficient (Wildman–Crippen LogP) is 4.15. The van der Waals surface area contributed by atoms with E-state index in [1.165, 1.54) is 64.2 Å². The molecule has 4 N–H and O–H groups in total. The topological polar surface area (TPSA) is 132 Å². The molecule has 0 aliphatic heterocycles. The maximum atomic E-state index is 12.3. The largest absolute Gasteiger partial charge is 0.477 e. The van der Waals surface area contributed by atoms with E-state index in [4.69, 9.17) is 5.11 Å². The Morgan fingerprint density at radius 3 is 1.39 bits per heavy atom. The summed E-state index contributed by atoms with van der Waals surface area (Å²) in [5, 5.41) is 37.6. The number of rotatable bonds is 21. The van der Waals surface area contributed by atoms with Gasteiger partial charge in [0.1, 0.15) is 17.8 Å². The van der Waals surface area contributed by atoms with Gasteiger partial charge in [0.25, 0.3) is 5.79 Å². The minimum absolute atomic E-state index is 0.127. The van der Waals surface area contributed by atoms with Crippen molar-refractivity contribution in [3.05, 3.63) is 0 Å². The minimum atomic E-state index is -3.51. The van der Waals surface area contributed by atoms with Crippen molar-refractivity contribution in [2.75, 3.05) is 0 Å². The summed E-state index contributed by atoms with van der Waals surface area (Å²) in [6, 6.07) is 0. The molecule has 0 saturated carbocycles. The first-order valence-electron chi connectivity index (χ1n) is 12.1. The maximum absolute atomic E-state index is 12.3. The van der Waals surface area contributed by atoms with E-state index in [1.807, 2.05) is 0 Å². The quantitative estimate of drug-likeness (QED) is 0.119. The average Bonchev–Trinajstić information content (AvgIpc) is 2.70. The summed E-state index contributed by atoms with van der Waals surface area (Å²) in [5.74, 6) is -9.85. The highest BCUT2D eigenvalue weighted by Gasteiger charge is 2.51. The second-order valence-electron chi connectivity index (χ2n) is 8.71. The molecule has 0 aliphatic carbocycles. The highest BCUT2D eigenvalue weighted by Crippen LogP contribution is 2.22. The molecule has 31 heavy (non-hydrogen) atoms. The van der Waals surface area contributed by atoms with Crippen molar-refractivity contribution < 1.29 is 34.8 Å². The second-order valence-corrected chi connectivity index (χ2v) is 8.71. The Morgan fingerprint density at radius 2 is 1.06 bits per heavy atom. The molecule has 0 aromatic heterocycles. The molecular weight excluding hydrogens is 400 g/mol. The lowest BCUT2D eigenvalue weighted by Crippen LogP contribution is -2.54. The molecule has 0 bridgehead atoms. The summed E-state index contributed by atoms with van der Waals surface area (Å²) < 4.78 is 0. The molecule has 0 saturated heterocycles. The highest BCUT2D eigenvalue weighted by atomic mass is 16.5. The van der Waals surface area contributed by atoms with Gasteiger partial charge in [-0.1, -0.05) is 96.8 Å². The summed E-state index contributed by atoms with van der Waals surface area (Å²) in [5.41, 5.74) is 0. The number of aliphatic carboxylic acids is 1. The maximum Gasteiger partial charge on any atom is 0.365 e. The van der Waals surface area contributed by atoms with Gasteiger partial charge in [-0.2, -0.15) is 0 Å². The Morgan fingerprint density at radius 1 is 0.710 bits per heavy atom. The van der Waals surface area contributed by atoms with Crippen LogP contribution in [0.3, 0.4) is 0 Å². The molecule has 0 aromatic rings. The normalized spacial score (nSPS) is 13.7. The van der Waals surface area contributed by atoms with Gasteiger partial charge in [-0.3, -0.25) is 9.59 Å². The molecule has 7 nitrogen and oxygen atoms in total. The van der Waals surface area contributed by atoms with Crippen LogP contribution in [0.15, 0.2) is 0 Å². The molecule has 0 rings (SSSR count). The Hall–Kier alpha value is -1.31. The van der Waals surface area contributed by atoms with Crippen LogP contribution in [0.5, 0.6) is 0 Å². The molecule has 0 radical (unpaired) electrons. The summed E-state index contributed by atoms with van der Waals surface area (Å²) >= 11 is 0. The first kappa shape index (κ1) is 29.7. The van der Waals surface area contributed by atoms with Crippen LogP contribution in [0.1, 0.15) is 117 Å². The third-order valence-corrected chi connectivity index (χ3v) is 5.76. The van der Waals surface area contributed by atoms with Crippen molar-refractivity contribution in [2.24, 2.45) is 5.92 Å². The number of carbonyl (C=O) groups excluding carboxylic acids is 2. The molecule has 0 aliphatic rings. The van der Waals surface area contributed by atoms with E-state index in [0.717, 1.165) is 32.6 Å². The molecule has 0 amide bonds. The molecule has 0 aromatic carbocycles. The number of ketones is 2. The van der Waals surface area contributed by atoms with Crippen molar-refractivity contribution in [1.82, 2.24) is 0 Å². The zero-order valence-corrected chi connectivity index (χ0v) is 19.5. The third kappa shape index (κ3) is 13.0. The van der Waals surface area contributed by atoms with Gasteiger partial charge in [-0.25, -0.2) is 4.79 Å². The van der Waals surface area contributed by atoms with Crippen LogP contribution in [0.25, 0.3) is 0 Å². The Balaban J connectivity index is 3.90. The Labute approximate surface area is 187 Å². The molecule has 0 heterocycles. The summed E-state index contributed by atoms with van der Waals surface area (Å²) in [4.78, 5) is 35.2. The molecule has 2 atom stereocenters. The zero-order chi connectivity index (χ0) is 23.7. The van der Waals surface area contributed by atoms with Crippen LogP contribution < -0.4 is 0 Å². The van der Waals surface area contributed by atoms with Gasteiger partial charge in [0, 0.05) is 6.42 Å². The van der Waals surface area contributed by atoms with Gasteiger partial charge in [0.15, 0.2) is 5.78 Å². The van der Waals surface area contributed by atoms with Gasteiger partial charge in [0.05, 0.1) is 0 Å². The van der Waals surface area contributed by atoms with E-state index < -0.39 is 35.3 Å². The molecule has 0 spiro atoms. The fourth-order valence-electron chi connectivity index (χ4n) is 3.76. The monoisotopic (exact) mass is 444 g/mol. The first-order valence-corrected chi connectivity index (χ1v) is 12.1. The minimum Gasteiger partial charge on any atom is -0.477 e. The van der Waals surface area contributed by atoms with E-state index in [2.05, 4.69) is 6.92 Å². The van der Waals surface area contributed by atoms with E-state index in [-0.39, 0.29) is 6.42 Å². The first-order chi connectivity index (χ1) is 14.7. The second kappa shape index (κ2) is 17.3. The fourth-order valence-corrected chi connectivity index (χ4v) is 3.76. The Kier molecular flexibility index (Phi) is 16.5. The Bertz CT molecular complexity index is 514. The van der Waals surface area contributed by atoms with Gasteiger partial charge < -0.3 is 20.4 Å². The van der Waals surface area contributed by atoms with Crippen molar-refractivity contribution in [3.63, 3.8) is 0 Å². The van der Waals surface area contributed by atoms with Gasteiger partial charge in [-0.15, -0.1) is 0 Å². The van der Waals surface area contributed by atoms with Crippen LogP contribution >= 0.6 is 0 Å². The van der Waals surface area contributed by atoms with Crippen LogP contribution in [0.4, 0.5) is 0 Å². The lowest BCUT2D eigenvalue weighted by molar-refractivity contribution is -0.221. The number of aliphatic hydroxyl groups is 3. The van der Waals surface area contributed by atoms with Crippen LogP contribution in [-0.4, -0.2) is 49.9 Å². The van der Waals surface area contributed by atoms with Crippen molar-refractivity contribution in [3.8, 4) is 0 Å². The van der Waals surface area contributed by atoms with Crippen LogP contribution in [-0.2, 0) is 14.4 Å². The third-order valence-electron chi connectivity index (χ3n) is 5.76. The number of hydrogen-bond acceptors (Lipinski definition) is 6. The smallest absolute Gasteiger partial charge is 0.365 e. The molecule has 2 unspecified atom stereocenters. The van der Waals surface area contributed by atoms with Gasteiger partial charge >= 0.3 is 5.97 Å². The van der Waals surface area contributed by atoms with E-state index in [9.17, 15) is 29.7 Å². The number of carboxylic acids is 1. The number of unbranched alkanes of at least 4 members (excludes halogenated alkanes) is 14. The SMILES string of the molecule is CCCCCCCCCCCCCCCCCC(=O)C(C(=O)C(C)O)C(O)(O)C(=O)O. The van der Waals surface area contributed by atoms with Crippen molar-refractivity contribution >= 4 is 17.5 Å². The van der Waals surface area contributed by atoms with E-state index in [0.29, 0.717) is 6.42 Å². The summed E-state index contributed by atoms with van der Waals surface area (Å²) in [6.07, 6.45) is 15.6. The van der Waals surface area contributed by atoms with E-state index >= 15 is 0 Å². The van der Waals surface area contributed by atoms with Crippen LogP contribution in [0.2, 0.25) is 0 Å². The molecule has 182 valence electrons. The van der Waals surface area contributed by atoms with Gasteiger partial charge in [0.2, 0.25) is 0 Å². The molecule has 0 fully saturated rings. The van der Waals surface area contributed by atoms with Crippen molar-refractivity contribution in [2.45, 2.75) is 128 Å².